The number of nitrogens with zero attached hydrogens (tertiary/aromatic N) is 4. The molecule has 118 valence electrons. The molecule has 0 bridgehead atoms. The number of aliphatic hydroxyl groups excluding tert-OH is 1. The van der Waals surface area contributed by atoms with Crippen molar-refractivity contribution < 1.29 is 5.11 Å². The third-order valence-electron chi connectivity index (χ3n) is 4.90. The molecular formula is C17H18N4OS. The number of fused-ring (bicyclic) bond motifs is 3. The van der Waals surface area contributed by atoms with E-state index in [1.807, 2.05) is 6.07 Å². The zero-order chi connectivity index (χ0) is 15.8. The van der Waals surface area contributed by atoms with Crippen LogP contribution in [0.4, 0.5) is 0 Å². The van der Waals surface area contributed by atoms with Gasteiger partial charge in [-0.15, -0.1) is 11.3 Å². The van der Waals surface area contributed by atoms with Gasteiger partial charge in [-0.2, -0.15) is 5.26 Å². The van der Waals surface area contributed by atoms with E-state index in [1.54, 1.807) is 17.5 Å². The highest BCUT2D eigenvalue weighted by atomic mass is 32.1. The lowest BCUT2D eigenvalue weighted by molar-refractivity contribution is 0.239. The summed E-state index contributed by atoms with van der Waals surface area (Å²) in [5.41, 5.74) is 2.97. The molecule has 3 aromatic rings. The molecule has 5 nitrogen and oxygen atoms in total. The fourth-order valence-electron chi connectivity index (χ4n) is 3.77. The Morgan fingerprint density at radius 1 is 1.30 bits per heavy atom. The Kier molecular flexibility index (Phi) is 3.76. The molecule has 1 N–H and O–H groups in total. The van der Waals surface area contributed by atoms with Gasteiger partial charge in [-0.1, -0.05) is 0 Å². The van der Waals surface area contributed by atoms with Crippen LogP contribution in [0, 0.1) is 17.2 Å². The second kappa shape index (κ2) is 5.91. The predicted molar refractivity (Wildman–Crippen MR) is 90.1 cm³/mol. The largest absolute Gasteiger partial charge is 0.388 e. The molecule has 0 radical (unpaired) electrons. The molecule has 1 aliphatic rings. The third kappa shape index (κ3) is 2.41. The van der Waals surface area contributed by atoms with Crippen LogP contribution in [0.1, 0.15) is 44.0 Å². The molecule has 23 heavy (non-hydrogen) atoms. The lowest BCUT2D eigenvalue weighted by Gasteiger charge is -2.29. The first-order chi connectivity index (χ1) is 11.3. The molecule has 1 saturated carbocycles. The van der Waals surface area contributed by atoms with Gasteiger partial charge in [0.05, 0.1) is 28.0 Å². The lowest BCUT2D eigenvalue weighted by Crippen LogP contribution is -2.19. The van der Waals surface area contributed by atoms with E-state index in [0.29, 0.717) is 18.4 Å². The second-order valence-corrected chi connectivity index (χ2v) is 7.14. The summed E-state index contributed by atoms with van der Waals surface area (Å²) in [4.78, 5) is 9.05. The van der Waals surface area contributed by atoms with Crippen molar-refractivity contribution in [2.75, 3.05) is 0 Å². The molecule has 0 amide bonds. The zero-order valence-corrected chi connectivity index (χ0v) is 13.6. The summed E-state index contributed by atoms with van der Waals surface area (Å²) < 4.78 is 3.38. The molecule has 1 fully saturated rings. The number of rotatable bonds is 3. The van der Waals surface area contributed by atoms with Crippen LogP contribution in [0.5, 0.6) is 0 Å². The van der Waals surface area contributed by atoms with Gasteiger partial charge in [-0.3, -0.25) is 4.98 Å². The van der Waals surface area contributed by atoms with Gasteiger partial charge in [0.25, 0.3) is 0 Å². The average Bonchev–Trinajstić information content (AvgIpc) is 3.19. The van der Waals surface area contributed by atoms with Crippen molar-refractivity contribution in [3.63, 3.8) is 0 Å². The quantitative estimate of drug-likeness (QED) is 0.794. The van der Waals surface area contributed by atoms with Crippen molar-refractivity contribution in [3.05, 3.63) is 23.5 Å². The Labute approximate surface area is 138 Å². The molecule has 0 spiro atoms. The van der Waals surface area contributed by atoms with Crippen molar-refractivity contribution >= 4 is 32.6 Å². The standard InChI is InChI=1S/C17H18N4OS/c18-7-5-11-1-3-12(4-2-11)21-15(10-22)20-14-9-19-13-6-8-23-17(13)16(14)21/h6,8-9,11-12,22H,1-5,10H2. The first-order valence-corrected chi connectivity index (χ1v) is 8.90. The number of nitriles is 1. The van der Waals surface area contributed by atoms with Crippen LogP contribution in [0.15, 0.2) is 17.6 Å². The number of aliphatic hydroxyl groups is 1. The molecule has 3 aromatic heterocycles. The summed E-state index contributed by atoms with van der Waals surface area (Å²) in [7, 11) is 0. The van der Waals surface area contributed by atoms with Crippen LogP contribution in [0.25, 0.3) is 21.3 Å². The van der Waals surface area contributed by atoms with Gasteiger partial charge in [-0.25, -0.2) is 4.98 Å². The number of pyridine rings is 1. The average molecular weight is 326 g/mol. The Hall–Kier alpha value is -1.97. The summed E-state index contributed by atoms with van der Waals surface area (Å²) in [6.45, 7) is -0.0559. The fraction of sp³-hybridized carbons (Fsp3) is 0.471. The highest BCUT2D eigenvalue weighted by Crippen LogP contribution is 2.38. The van der Waals surface area contributed by atoms with Crippen LogP contribution in [-0.4, -0.2) is 19.6 Å². The highest BCUT2D eigenvalue weighted by molar-refractivity contribution is 7.18. The maximum atomic E-state index is 9.77. The molecule has 0 unspecified atom stereocenters. The van der Waals surface area contributed by atoms with E-state index < -0.39 is 0 Å². The summed E-state index contributed by atoms with van der Waals surface area (Å²) in [6.07, 6.45) is 6.69. The number of hydrogen-bond donors (Lipinski definition) is 1. The lowest BCUT2D eigenvalue weighted by atomic mass is 9.84. The van der Waals surface area contributed by atoms with Gasteiger partial charge in [-0.05, 0) is 43.0 Å². The van der Waals surface area contributed by atoms with E-state index in [0.717, 1.165) is 52.8 Å². The second-order valence-electron chi connectivity index (χ2n) is 6.22. The minimum Gasteiger partial charge on any atom is -0.388 e. The minimum atomic E-state index is -0.0559. The molecule has 0 atom stereocenters. The van der Waals surface area contributed by atoms with Crippen LogP contribution in [0.3, 0.4) is 0 Å². The van der Waals surface area contributed by atoms with Crippen molar-refractivity contribution in [2.45, 2.75) is 44.8 Å². The van der Waals surface area contributed by atoms with Crippen LogP contribution < -0.4 is 0 Å². The fourth-order valence-corrected chi connectivity index (χ4v) is 4.66. The number of aromatic nitrogens is 3. The predicted octanol–water partition coefficient (Wildman–Crippen LogP) is 3.78. The van der Waals surface area contributed by atoms with Gasteiger partial charge >= 0.3 is 0 Å². The topological polar surface area (TPSA) is 74.7 Å². The third-order valence-corrected chi connectivity index (χ3v) is 5.81. The van der Waals surface area contributed by atoms with E-state index in [4.69, 9.17) is 5.26 Å². The maximum absolute atomic E-state index is 9.77. The maximum Gasteiger partial charge on any atom is 0.136 e. The number of thiophene rings is 1. The molecule has 0 aromatic carbocycles. The Balaban J connectivity index is 1.79. The molecule has 1 aliphatic carbocycles. The summed E-state index contributed by atoms with van der Waals surface area (Å²) in [6, 6.07) is 4.67. The van der Waals surface area contributed by atoms with Crippen molar-refractivity contribution in [1.82, 2.24) is 14.5 Å². The number of hydrogen-bond acceptors (Lipinski definition) is 5. The van der Waals surface area contributed by atoms with E-state index in [2.05, 4.69) is 26.0 Å². The van der Waals surface area contributed by atoms with Crippen LogP contribution >= 0.6 is 11.3 Å². The minimum absolute atomic E-state index is 0.0559. The molecule has 0 saturated heterocycles. The molecule has 4 rings (SSSR count). The van der Waals surface area contributed by atoms with E-state index in [1.165, 1.54) is 0 Å². The number of imidazole rings is 1. The van der Waals surface area contributed by atoms with Gasteiger partial charge in [0.1, 0.15) is 17.9 Å². The molecule has 0 aliphatic heterocycles. The van der Waals surface area contributed by atoms with Crippen molar-refractivity contribution in [1.29, 1.82) is 5.26 Å². The van der Waals surface area contributed by atoms with Gasteiger partial charge in [0.2, 0.25) is 0 Å². The van der Waals surface area contributed by atoms with Crippen molar-refractivity contribution in [2.24, 2.45) is 5.92 Å². The first-order valence-electron chi connectivity index (χ1n) is 8.02. The summed E-state index contributed by atoms with van der Waals surface area (Å²) >= 11 is 1.68. The highest BCUT2D eigenvalue weighted by Gasteiger charge is 2.26. The zero-order valence-electron chi connectivity index (χ0n) is 12.8. The Morgan fingerprint density at radius 2 is 2.13 bits per heavy atom. The van der Waals surface area contributed by atoms with Crippen LogP contribution in [-0.2, 0) is 6.61 Å². The molecular weight excluding hydrogens is 308 g/mol. The van der Waals surface area contributed by atoms with Gasteiger partial charge in [0, 0.05) is 12.5 Å². The van der Waals surface area contributed by atoms with Gasteiger partial charge < -0.3 is 9.67 Å². The monoisotopic (exact) mass is 326 g/mol. The Bertz CT molecular complexity index is 883. The normalized spacial score (nSPS) is 21.7. The van der Waals surface area contributed by atoms with E-state index in [-0.39, 0.29) is 6.61 Å². The SMILES string of the molecule is N#CCC1CCC(n2c(CO)nc3cnc4ccsc4c32)CC1. The van der Waals surface area contributed by atoms with Crippen LogP contribution in [0.2, 0.25) is 0 Å². The molecule has 6 heteroatoms. The summed E-state index contributed by atoms with van der Waals surface area (Å²) in [5, 5.41) is 20.7. The first kappa shape index (κ1) is 14.6. The molecule has 3 heterocycles. The van der Waals surface area contributed by atoms with Crippen molar-refractivity contribution in [3.8, 4) is 6.07 Å². The Morgan fingerprint density at radius 3 is 2.87 bits per heavy atom. The van der Waals surface area contributed by atoms with E-state index in [9.17, 15) is 5.11 Å². The van der Waals surface area contributed by atoms with Gasteiger partial charge in [0.15, 0.2) is 0 Å². The summed E-state index contributed by atoms with van der Waals surface area (Å²) in [5.74, 6) is 1.25. The smallest absolute Gasteiger partial charge is 0.136 e. The van der Waals surface area contributed by atoms with E-state index >= 15 is 0 Å².